The van der Waals surface area contributed by atoms with Gasteiger partial charge in [-0.15, -0.1) is 0 Å². The lowest BCUT2D eigenvalue weighted by Crippen LogP contribution is -2.41. The first-order chi connectivity index (χ1) is 12.9. The van der Waals surface area contributed by atoms with Gasteiger partial charge in [-0.1, -0.05) is 12.1 Å². The van der Waals surface area contributed by atoms with E-state index < -0.39 is 23.5 Å². The molecule has 0 atom stereocenters. The Morgan fingerprint density at radius 3 is 2.56 bits per heavy atom. The number of halogens is 1. The third kappa shape index (κ3) is 6.10. The highest BCUT2D eigenvalue weighted by Gasteiger charge is 2.15. The van der Waals surface area contributed by atoms with Crippen LogP contribution in [0.1, 0.15) is 10.4 Å². The number of amides is 3. The normalized spacial score (nSPS) is 10.0. The lowest BCUT2D eigenvalue weighted by molar-refractivity contribution is -0.132. The minimum absolute atomic E-state index is 0.232. The topological polar surface area (TPSA) is 87.7 Å². The molecule has 142 valence electrons. The van der Waals surface area contributed by atoms with Crippen LogP contribution >= 0.6 is 0 Å². The number of carbonyl (C=O) groups is 3. The molecule has 0 aromatic heterocycles. The lowest BCUT2D eigenvalue weighted by atomic mass is 10.2. The number of hydrogen-bond acceptors (Lipinski definition) is 4. The van der Waals surface area contributed by atoms with Crippen molar-refractivity contribution in [1.29, 1.82) is 0 Å². The van der Waals surface area contributed by atoms with Crippen LogP contribution in [0.3, 0.4) is 0 Å². The first-order valence-corrected chi connectivity index (χ1v) is 8.10. The predicted octanol–water partition coefficient (Wildman–Crippen LogP) is 1.66. The van der Waals surface area contributed by atoms with Gasteiger partial charge in [0, 0.05) is 18.3 Å². The highest BCUT2D eigenvalue weighted by molar-refractivity contribution is 5.98. The molecule has 0 fully saturated rings. The van der Waals surface area contributed by atoms with E-state index in [2.05, 4.69) is 10.6 Å². The van der Waals surface area contributed by atoms with Crippen molar-refractivity contribution in [2.24, 2.45) is 0 Å². The van der Waals surface area contributed by atoms with Gasteiger partial charge in [-0.05, 0) is 36.4 Å². The number of benzene rings is 2. The molecule has 0 heterocycles. The van der Waals surface area contributed by atoms with Gasteiger partial charge in [-0.3, -0.25) is 14.4 Å². The van der Waals surface area contributed by atoms with Crippen LogP contribution in [0.4, 0.5) is 10.1 Å². The van der Waals surface area contributed by atoms with Crippen LogP contribution in [0.2, 0.25) is 0 Å². The van der Waals surface area contributed by atoms with Crippen LogP contribution in [-0.2, 0) is 9.59 Å². The molecule has 8 heteroatoms. The van der Waals surface area contributed by atoms with Crippen molar-refractivity contribution in [2.75, 3.05) is 32.6 Å². The molecule has 2 aromatic rings. The SMILES string of the molecule is COc1cccc(C(=O)NCC(=O)N(C)CC(=O)Nc2cccc(F)c2)c1. The molecular formula is C19H20FN3O4. The molecular weight excluding hydrogens is 353 g/mol. The van der Waals surface area contributed by atoms with Crippen molar-refractivity contribution in [3.05, 3.63) is 59.9 Å². The Morgan fingerprint density at radius 1 is 1.11 bits per heavy atom. The van der Waals surface area contributed by atoms with Crippen molar-refractivity contribution in [1.82, 2.24) is 10.2 Å². The van der Waals surface area contributed by atoms with Gasteiger partial charge in [0.25, 0.3) is 5.91 Å². The Bertz CT molecular complexity index is 841. The van der Waals surface area contributed by atoms with Crippen LogP contribution in [0.5, 0.6) is 5.75 Å². The first-order valence-electron chi connectivity index (χ1n) is 8.10. The highest BCUT2D eigenvalue weighted by Crippen LogP contribution is 2.12. The molecule has 27 heavy (non-hydrogen) atoms. The number of carbonyl (C=O) groups excluding carboxylic acids is 3. The minimum Gasteiger partial charge on any atom is -0.497 e. The molecule has 0 saturated heterocycles. The number of nitrogens with one attached hydrogen (secondary N) is 2. The van der Waals surface area contributed by atoms with Gasteiger partial charge < -0.3 is 20.3 Å². The largest absolute Gasteiger partial charge is 0.497 e. The molecule has 0 spiro atoms. The Morgan fingerprint density at radius 2 is 1.85 bits per heavy atom. The number of likely N-dealkylation sites (N-methyl/N-ethyl adjacent to an activating group) is 1. The molecule has 2 N–H and O–H groups in total. The monoisotopic (exact) mass is 373 g/mol. The van der Waals surface area contributed by atoms with Crippen LogP contribution < -0.4 is 15.4 Å². The average Bonchev–Trinajstić information content (AvgIpc) is 2.65. The summed E-state index contributed by atoms with van der Waals surface area (Å²) in [5, 5.41) is 4.99. The third-order valence-corrected chi connectivity index (χ3v) is 3.65. The standard InChI is InChI=1S/C19H20FN3O4/c1-23(12-17(24)22-15-7-4-6-14(20)10-15)18(25)11-21-19(26)13-5-3-8-16(9-13)27-2/h3-10H,11-12H2,1-2H3,(H,21,26)(H,22,24). The maximum Gasteiger partial charge on any atom is 0.251 e. The Hall–Kier alpha value is -3.42. The van der Waals surface area contributed by atoms with E-state index in [4.69, 9.17) is 4.74 Å². The molecule has 0 aliphatic carbocycles. The van der Waals surface area contributed by atoms with Gasteiger partial charge in [-0.25, -0.2) is 4.39 Å². The number of rotatable bonds is 7. The Labute approximate surface area is 156 Å². The maximum atomic E-state index is 13.1. The summed E-state index contributed by atoms with van der Waals surface area (Å²) in [5.74, 6) is -1.30. The van der Waals surface area contributed by atoms with E-state index in [9.17, 15) is 18.8 Å². The van der Waals surface area contributed by atoms with Gasteiger partial charge >= 0.3 is 0 Å². The quantitative estimate of drug-likeness (QED) is 0.773. The van der Waals surface area contributed by atoms with E-state index in [-0.39, 0.29) is 13.1 Å². The van der Waals surface area contributed by atoms with Crippen molar-refractivity contribution in [2.45, 2.75) is 0 Å². The molecule has 0 bridgehead atoms. The van der Waals surface area contributed by atoms with Crippen molar-refractivity contribution in [3.8, 4) is 5.75 Å². The molecule has 2 rings (SSSR count). The summed E-state index contributed by atoms with van der Waals surface area (Å²) in [4.78, 5) is 37.3. The van der Waals surface area contributed by atoms with Gasteiger partial charge in [0.05, 0.1) is 20.2 Å². The summed E-state index contributed by atoms with van der Waals surface area (Å²) in [6, 6.07) is 12.0. The van der Waals surface area contributed by atoms with Crippen LogP contribution in [-0.4, -0.2) is 49.9 Å². The Balaban J connectivity index is 1.82. The summed E-state index contributed by atoms with van der Waals surface area (Å²) >= 11 is 0. The second kappa shape index (κ2) is 9.33. The van der Waals surface area contributed by atoms with E-state index in [1.807, 2.05) is 0 Å². The molecule has 0 aliphatic heterocycles. The van der Waals surface area contributed by atoms with Crippen LogP contribution in [0, 0.1) is 5.82 Å². The molecule has 0 radical (unpaired) electrons. The second-order valence-corrected chi connectivity index (χ2v) is 5.72. The maximum absolute atomic E-state index is 13.1. The second-order valence-electron chi connectivity index (χ2n) is 5.72. The minimum atomic E-state index is -0.476. The van der Waals surface area contributed by atoms with E-state index in [0.29, 0.717) is 17.0 Å². The molecule has 0 saturated carbocycles. The summed E-state index contributed by atoms with van der Waals surface area (Å²) in [7, 11) is 2.93. The number of ether oxygens (including phenoxy) is 1. The van der Waals surface area contributed by atoms with E-state index >= 15 is 0 Å². The van der Waals surface area contributed by atoms with E-state index in [0.717, 1.165) is 0 Å². The smallest absolute Gasteiger partial charge is 0.251 e. The van der Waals surface area contributed by atoms with Crippen molar-refractivity contribution < 1.29 is 23.5 Å². The van der Waals surface area contributed by atoms with E-state index in [1.54, 1.807) is 24.3 Å². The fourth-order valence-corrected chi connectivity index (χ4v) is 2.23. The van der Waals surface area contributed by atoms with E-state index in [1.165, 1.54) is 43.3 Å². The van der Waals surface area contributed by atoms with Gasteiger partial charge in [0.1, 0.15) is 11.6 Å². The zero-order valence-corrected chi connectivity index (χ0v) is 15.0. The molecule has 7 nitrogen and oxygen atoms in total. The summed E-state index contributed by atoms with van der Waals surface area (Å²) in [5.41, 5.74) is 0.654. The fourth-order valence-electron chi connectivity index (χ4n) is 2.23. The number of anilines is 1. The summed E-state index contributed by atoms with van der Waals surface area (Å²) < 4.78 is 18.2. The van der Waals surface area contributed by atoms with Crippen molar-refractivity contribution >= 4 is 23.4 Å². The molecule has 0 aliphatic rings. The first kappa shape index (κ1) is 19.9. The highest BCUT2D eigenvalue weighted by atomic mass is 19.1. The number of hydrogen-bond donors (Lipinski definition) is 2. The van der Waals surface area contributed by atoms with Gasteiger partial charge in [0.2, 0.25) is 11.8 Å². The van der Waals surface area contributed by atoms with Crippen LogP contribution in [0.25, 0.3) is 0 Å². The van der Waals surface area contributed by atoms with Crippen molar-refractivity contribution in [3.63, 3.8) is 0 Å². The van der Waals surface area contributed by atoms with Gasteiger partial charge in [-0.2, -0.15) is 0 Å². The molecule has 0 unspecified atom stereocenters. The zero-order valence-electron chi connectivity index (χ0n) is 15.0. The zero-order chi connectivity index (χ0) is 19.8. The summed E-state index contributed by atoms with van der Waals surface area (Å²) in [6.45, 7) is -0.496. The average molecular weight is 373 g/mol. The lowest BCUT2D eigenvalue weighted by Gasteiger charge is -2.17. The molecule has 2 aromatic carbocycles. The van der Waals surface area contributed by atoms with Crippen LogP contribution in [0.15, 0.2) is 48.5 Å². The molecule has 3 amide bonds. The number of nitrogens with zero attached hydrogens (tertiary/aromatic N) is 1. The van der Waals surface area contributed by atoms with Gasteiger partial charge in [0.15, 0.2) is 0 Å². The number of methoxy groups -OCH3 is 1. The Kier molecular flexibility index (Phi) is 6.87. The predicted molar refractivity (Wildman–Crippen MR) is 98.0 cm³/mol. The summed E-state index contributed by atoms with van der Waals surface area (Å²) in [6.07, 6.45) is 0. The third-order valence-electron chi connectivity index (χ3n) is 3.65. The fraction of sp³-hybridized carbons (Fsp3) is 0.211.